The first-order valence-corrected chi connectivity index (χ1v) is 10.9. The predicted molar refractivity (Wildman–Crippen MR) is 105 cm³/mol. The van der Waals surface area contributed by atoms with Crippen molar-refractivity contribution in [2.75, 3.05) is 13.6 Å². The van der Waals surface area contributed by atoms with Crippen LogP contribution in [0.25, 0.3) is 0 Å². The Balaban J connectivity index is 1.78. The van der Waals surface area contributed by atoms with E-state index in [1.807, 2.05) is 24.3 Å². The summed E-state index contributed by atoms with van der Waals surface area (Å²) < 4.78 is 28.1. The predicted octanol–water partition coefficient (Wildman–Crippen LogP) is 3.97. The maximum Gasteiger partial charge on any atom is 0.240 e. The molecule has 1 N–H and O–H groups in total. The maximum atomic E-state index is 12.6. The maximum absolute atomic E-state index is 12.6. The van der Waals surface area contributed by atoms with Gasteiger partial charge in [0.05, 0.1) is 4.90 Å². The molecule has 1 saturated carbocycles. The number of hydrogen-bond donors (Lipinski definition) is 1. The van der Waals surface area contributed by atoms with Gasteiger partial charge < -0.3 is 0 Å². The standard InChI is InChI=1S/C21H28N2O2S/c1-23(19-13-7-3-8-14-19)21(18-11-5-2-6-12-18)17-22-26(24,25)20-15-9-4-10-16-20/h2,4-6,9-12,15-16,19,21-22H,3,7-8,13-14,17H2,1H3/t21-/m0/s1. The van der Waals surface area contributed by atoms with Crippen molar-refractivity contribution in [2.45, 2.75) is 49.1 Å². The Morgan fingerprint density at radius 2 is 1.54 bits per heavy atom. The van der Waals surface area contributed by atoms with E-state index < -0.39 is 10.0 Å². The third-order valence-corrected chi connectivity index (χ3v) is 6.79. The first-order valence-electron chi connectivity index (χ1n) is 9.39. The molecule has 1 aliphatic carbocycles. The molecule has 0 bridgehead atoms. The lowest BCUT2D eigenvalue weighted by Crippen LogP contribution is -2.42. The van der Waals surface area contributed by atoms with Crippen LogP contribution in [0, 0.1) is 0 Å². The highest BCUT2D eigenvalue weighted by Crippen LogP contribution is 2.29. The van der Waals surface area contributed by atoms with Crippen LogP contribution in [-0.2, 0) is 10.0 Å². The van der Waals surface area contributed by atoms with Crippen LogP contribution in [0.3, 0.4) is 0 Å². The van der Waals surface area contributed by atoms with E-state index in [1.165, 1.54) is 32.1 Å². The van der Waals surface area contributed by atoms with Crippen molar-refractivity contribution in [3.05, 3.63) is 66.2 Å². The molecule has 1 fully saturated rings. The second-order valence-corrected chi connectivity index (χ2v) is 8.82. The van der Waals surface area contributed by atoms with Gasteiger partial charge in [-0.05, 0) is 37.6 Å². The number of nitrogens with one attached hydrogen (secondary N) is 1. The molecule has 26 heavy (non-hydrogen) atoms. The summed E-state index contributed by atoms with van der Waals surface area (Å²) in [5.74, 6) is 0. The van der Waals surface area contributed by atoms with E-state index in [0.29, 0.717) is 17.5 Å². The summed E-state index contributed by atoms with van der Waals surface area (Å²) in [5.41, 5.74) is 1.15. The zero-order valence-corrected chi connectivity index (χ0v) is 16.2. The van der Waals surface area contributed by atoms with Gasteiger partial charge in [0.1, 0.15) is 0 Å². The van der Waals surface area contributed by atoms with Gasteiger partial charge in [-0.1, -0.05) is 67.8 Å². The Morgan fingerprint density at radius 1 is 0.962 bits per heavy atom. The summed E-state index contributed by atoms with van der Waals surface area (Å²) in [5, 5.41) is 0. The molecule has 4 nitrogen and oxygen atoms in total. The van der Waals surface area contributed by atoms with Crippen molar-refractivity contribution in [3.63, 3.8) is 0 Å². The van der Waals surface area contributed by atoms with Crippen molar-refractivity contribution in [1.29, 1.82) is 0 Å². The van der Waals surface area contributed by atoms with Gasteiger partial charge in [0.2, 0.25) is 10.0 Å². The van der Waals surface area contributed by atoms with Crippen molar-refractivity contribution in [1.82, 2.24) is 9.62 Å². The van der Waals surface area contributed by atoms with E-state index in [2.05, 4.69) is 28.8 Å². The highest BCUT2D eigenvalue weighted by molar-refractivity contribution is 7.89. The fourth-order valence-electron chi connectivity index (χ4n) is 3.79. The summed E-state index contributed by atoms with van der Waals surface area (Å²) in [4.78, 5) is 2.68. The summed E-state index contributed by atoms with van der Waals surface area (Å²) in [6.07, 6.45) is 6.19. The van der Waals surface area contributed by atoms with E-state index >= 15 is 0 Å². The molecule has 0 unspecified atom stereocenters. The van der Waals surface area contributed by atoms with Crippen LogP contribution in [0.4, 0.5) is 0 Å². The average molecular weight is 373 g/mol. The van der Waals surface area contributed by atoms with Gasteiger partial charge in [-0.15, -0.1) is 0 Å². The molecular weight excluding hydrogens is 344 g/mol. The summed E-state index contributed by atoms with van der Waals surface area (Å²) in [6, 6.07) is 19.3. The van der Waals surface area contributed by atoms with Crippen molar-refractivity contribution >= 4 is 10.0 Å². The molecule has 1 aliphatic rings. The van der Waals surface area contributed by atoms with Crippen LogP contribution in [0.5, 0.6) is 0 Å². The summed E-state index contributed by atoms with van der Waals surface area (Å²) >= 11 is 0. The molecule has 3 rings (SSSR count). The number of hydrogen-bond acceptors (Lipinski definition) is 3. The Labute approximate surface area is 157 Å². The molecule has 1 atom stereocenters. The molecule has 0 spiro atoms. The van der Waals surface area contributed by atoms with Gasteiger partial charge in [0.15, 0.2) is 0 Å². The number of benzene rings is 2. The molecule has 2 aromatic carbocycles. The SMILES string of the molecule is CN(C1CCCCC1)[C@@H](CNS(=O)(=O)c1ccccc1)c1ccccc1. The van der Waals surface area contributed by atoms with E-state index in [4.69, 9.17) is 0 Å². The van der Waals surface area contributed by atoms with Crippen molar-refractivity contribution < 1.29 is 8.42 Å². The topological polar surface area (TPSA) is 49.4 Å². The second kappa shape index (κ2) is 8.80. The van der Waals surface area contributed by atoms with Gasteiger partial charge in [0.25, 0.3) is 0 Å². The third kappa shape index (κ3) is 4.72. The second-order valence-electron chi connectivity index (χ2n) is 7.05. The lowest BCUT2D eigenvalue weighted by Gasteiger charge is -2.37. The van der Waals surface area contributed by atoms with Gasteiger partial charge in [-0.3, -0.25) is 4.90 Å². The Kier molecular flexibility index (Phi) is 6.46. The molecule has 0 aromatic heterocycles. The molecule has 2 aromatic rings. The van der Waals surface area contributed by atoms with Crippen LogP contribution in [0.2, 0.25) is 0 Å². The molecule has 5 heteroatoms. The van der Waals surface area contributed by atoms with Crippen molar-refractivity contribution in [2.24, 2.45) is 0 Å². The Hall–Kier alpha value is -1.69. The normalized spacial score (nSPS) is 17.3. The van der Waals surface area contributed by atoms with Gasteiger partial charge >= 0.3 is 0 Å². The van der Waals surface area contributed by atoms with E-state index in [1.54, 1.807) is 24.3 Å². The van der Waals surface area contributed by atoms with Crippen molar-refractivity contribution in [3.8, 4) is 0 Å². The van der Waals surface area contributed by atoms with Gasteiger partial charge in [0, 0.05) is 18.6 Å². The first-order chi connectivity index (χ1) is 12.6. The van der Waals surface area contributed by atoms with Gasteiger partial charge in [-0.2, -0.15) is 0 Å². The third-order valence-electron chi connectivity index (χ3n) is 5.35. The Morgan fingerprint density at radius 3 is 2.15 bits per heavy atom. The molecular formula is C21H28N2O2S. The highest BCUT2D eigenvalue weighted by atomic mass is 32.2. The smallest absolute Gasteiger partial charge is 0.240 e. The van der Waals surface area contributed by atoms with Crippen LogP contribution < -0.4 is 4.72 Å². The van der Waals surface area contributed by atoms with E-state index in [9.17, 15) is 8.42 Å². The van der Waals surface area contributed by atoms with E-state index in [-0.39, 0.29) is 6.04 Å². The zero-order chi connectivity index (χ0) is 18.4. The summed E-state index contributed by atoms with van der Waals surface area (Å²) in [6.45, 7) is 0.369. The summed E-state index contributed by atoms with van der Waals surface area (Å²) in [7, 11) is -1.37. The van der Waals surface area contributed by atoms with Crippen LogP contribution in [-0.4, -0.2) is 33.0 Å². The minimum Gasteiger partial charge on any atom is -0.295 e. The number of rotatable bonds is 7. The lowest BCUT2D eigenvalue weighted by molar-refractivity contribution is 0.138. The fraction of sp³-hybridized carbons (Fsp3) is 0.429. The monoisotopic (exact) mass is 372 g/mol. The largest absolute Gasteiger partial charge is 0.295 e. The minimum absolute atomic E-state index is 0.0257. The number of likely N-dealkylation sites (N-methyl/N-ethyl adjacent to an activating group) is 1. The zero-order valence-electron chi connectivity index (χ0n) is 15.3. The first kappa shape index (κ1) is 19.1. The van der Waals surface area contributed by atoms with Crippen LogP contribution >= 0.6 is 0 Å². The molecule has 0 radical (unpaired) electrons. The van der Waals surface area contributed by atoms with E-state index in [0.717, 1.165) is 5.56 Å². The fourth-order valence-corrected chi connectivity index (χ4v) is 4.85. The molecule has 0 amide bonds. The highest BCUT2D eigenvalue weighted by Gasteiger charge is 2.27. The number of sulfonamides is 1. The van der Waals surface area contributed by atoms with Crippen LogP contribution in [0.15, 0.2) is 65.6 Å². The lowest BCUT2D eigenvalue weighted by atomic mass is 9.92. The molecule has 0 aliphatic heterocycles. The number of nitrogens with zero attached hydrogens (tertiary/aromatic N) is 1. The quantitative estimate of drug-likeness (QED) is 0.800. The van der Waals surface area contributed by atoms with Gasteiger partial charge in [-0.25, -0.2) is 13.1 Å². The molecule has 0 saturated heterocycles. The minimum atomic E-state index is -3.50. The average Bonchev–Trinajstić information content (AvgIpc) is 2.70. The Bertz CT molecular complexity index is 772. The molecule has 0 heterocycles. The van der Waals surface area contributed by atoms with Crippen LogP contribution in [0.1, 0.15) is 43.7 Å². The molecule has 140 valence electrons.